The van der Waals surface area contributed by atoms with Crippen molar-refractivity contribution in [2.24, 2.45) is 4.99 Å². The van der Waals surface area contributed by atoms with Crippen molar-refractivity contribution < 1.29 is 5.11 Å². The highest BCUT2D eigenvalue weighted by molar-refractivity contribution is 6.01. The second-order valence-corrected chi connectivity index (χ2v) is 10.3. The van der Waals surface area contributed by atoms with Crippen molar-refractivity contribution in [2.45, 2.75) is 50.9 Å². The Kier molecular flexibility index (Phi) is 5.20. The molecular formula is C29H31N7O. The fourth-order valence-corrected chi connectivity index (χ4v) is 5.96. The van der Waals surface area contributed by atoms with Gasteiger partial charge in [-0.2, -0.15) is 5.10 Å². The third-order valence-corrected chi connectivity index (χ3v) is 7.82. The molecule has 4 aromatic rings. The molecule has 8 heteroatoms. The maximum absolute atomic E-state index is 9.79. The fraction of sp³-hybridized carbons (Fsp3) is 0.310. The lowest BCUT2D eigenvalue weighted by Crippen LogP contribution is -2.49. The Hall–Kier alpha value is -4.20. The number of hydrogen-bond donors (Lipinski definition) is 2. The number of fused-ring (bicyclic) bond motifs is 5. The van der Waals surface area contributed by atoms with Gasteiger partial charge >= 0.3 is 0 Å². The molecule has 0 amide bonds. The number of rotatable bonds is 5. The number of aromatic nitrogens is 3. The number of phenolic OH excluding ortho intramolecular Hbond substituents is 1. The topological polar surface area (TPSA) is 73.8 Å². The molecular weight excluding hydrogens is 462 g/mol. The first-order chi connectivity index (χ1) is 18.1. The third kappa shape index (κ3) is 3.84. The minimum Gasteiger partial charge on any atom is -0.508 e. The molecule has 0 bridgehead atoms. The van der Waals surface area contributed by atoms with E-state index in [9.17, 15) is 5.11 Å². The Labute approximate surface area is 216 Å². The summed E-state index contributed by atoms with van der Waals surface area (Å²) in [5, 5.41) is 18.6. The van der Waals surface area contributed by atoms with Crippen molar-refractivity contribution in [3.05, 3.63) is 84.2 Å². The van der Waals surface area contributed by atoms with Gasteiger partial charge in [-0.15, -0.1) is 0 Å². The zero-order chi connectivity index (χ0) is 24.9. The normalized spacial score (nSPS) is 20.3. The van der Waals surface area contributed by atoms with Crippen LogP contribution in [0.3, 0.4) is 0 Å². The van der Waals surface area contributed by atoms with Crippen molar-refractivity contribution in [2.75, 3.05) is 17.3 Å². The summed E-state index contributed by atoms with van der Waals surface area (Å²) in [6.45, 7) is 1.40. The van der Waals surface area contributed by atoms with Crippen LogP contribution in [0.15, 0.2) is 78.0 Å². The van der Waals surface area contributed by atoms with E-state index in [2.05, 4.69) is 68.1 Å². The van der Waals surface area contributed by atoms with Crippen LogP contribution in [0.4, 0.5) is 17.3 Å². The summed E-state index contributed by atoms with van der Waals surface area (Å²) < 4.78 is 4.20. The summed E-state index contributed by atoms with van der Waals surface area (Å²) >= 11 is 0. The van der Waals surface area contributed by atoms with Gasteiger partial charge in [0.05, 0.1) is 30.7 Å². The van der Waals surface area contributed by atoms with Crippen LogP contribution in [0.25, 0.3) is 5.69 Å². The van der Waals surface area contributed by atoms with Crippen LogP contribution >= 0.6 is 0 Å². The van der Waals surface area contributed by atoms with Crippen molar-refractivity contribution in [1.82, 2.24) is 19.2 Å². The van der Waals surface area contributed by atoms with Crippen LogP contribution in [0.2, 0.25) is 0 Å². The van der Waals surface area contributed by atoms with Gasteiger partial charge in [0.2, 0.25) is 5.96 Å². The first-order valence-electron chi connectivity index (χ1n) is 13.1. The van der Waals surface area contributed by atoms with E-state index < -0.39 is 0 Å². The molecule has 2 N–H and O–H groups in total. The number of nitrogens with one attached hydrogen (secondary N) is 1. The summed E-state index contributed by atoms with van der Waals surface area (Å²) in [6.07, 6.45) is 8.91. The van der Waals surface area contributed by atoms with Crippen LogP contribution < -0.4 is 10.2 Å². The molecule has 4 heterocycles. The Balaban J connectivity index is 1.28. The summed E-state index contributed by atoms with van der Waals surface area (Å²) in [5.74, 6) is 3.32. The number of hydrogen-bond acceptors (Lipinski definition) is 6. The smallest absolute Gasteiger partial charge is 0.203 e. The second-order valence-electron chi connectivity index (χ2n) is 10.3. The summed E-state index contributed by atoms with van der Waals surface area (Å²) in [5.41, 5.74) is 4.43. The minimum atomic E-state index is 0.255. The molecule has 1 aliphatic carbocycles. The molecule has 37 heavy (non-hydrogen) atoms. The molecule has 1 saturated carbocycles. The number of phenols is 1. The molecule has 0 radical (unpaired) electrons. The maximum Gasteiger partial charge on any atom is 0.203 e. The van der Waals surface area contributed by atoms with Gasteiger partial charge in [0.25, 0.3) is 0 Å². The van der Waals surface area contributed by atoms with Crippen molar-refractivity contribution >= 4 is 23.3 Å². The molecule has 1 fully saturated rings. The summed E-state index contributed by atoms with van der Waals surface area (Å²) in [4.78, 5) is 9.79. The lowest BCUT2D eigenvalue weighted by atomic mass is 9.90. The van der Waals surface area contributed by atoms with Gasteiger partial charge < -0.3 is 19.9 Å². The maximum atomic E-state index is 9.79. The number of nitrogens with zero attached hydrogens (tertiary/aromatic N) is 6. The molecule has 0 unspecified atom stereocenters. The second kappa shape index (κ2) is 8.73. The Morgan fingerprint density at radius 2 is 1.73 bits per heavy atom. The average Bonchev–Trinajstić information content (AvgIpc) is 3.65. The fourth-order valence-electron chi connectivity index (χ4n) is 5.96. The minimum absolute atomic E-state index is 0.255. The van der Waals surface area contributed by atoms with Crippen molar-refractivity contribution in [1.29, 1.82) is 0 Å². The molecule has 188 valence electrons. The van der Waals surface area contributed by atoms with Crippen LogP contribution in [-0.4, -0.2) is 49.4 Å². The van der Waals surface area contributed by atoms with E-state index in [1.54, 1.807) is 12.1 Å². The number of aromatic hydroxyl groups is 1. The van der Waals surface area contributed by atoms with Crippen LogP contribution in [-0.2, 0) is 13.1 Å². The van der Waals surface area contributed by atoms with Crippen molar-refractivity contribution in [3.63, 3.8) is 0 Å². The molecule has 7 rings (SSSR count). The largest absolute Gasteiger partial charge is 0.508 e. The quantitative estimate of drug-likeness (QED) is 0.378. The Morgan fingerprint density at radius 1 is 0.973 bits per heavy atom. The average molecular weight is 494 g/mol. The lowest BCUT2D eigenvalue weighted by Gasteiger charge is -2.37. The van der Waals surface area contributed by atoms with Crippen LogP contribution in [0.5, 0.6) is 5.75 Å². The first kappa shape index (κ1) is 22.0. The third-order valence-electron chi connectivity index (χ3n) is 7.82. The van der Waals surface area contributed by atoms with Gasteiger partial charge in [-0.1, -0.05) is 25.0 Å². The Bertz CT molecular complexity index is 1440. The molecule has 8 nitrogen and oxygen atoms in total. The molecule has 0 saturated heterocycles. The molecule has 3 aliphatic rings. The van der Waals surface area contributed by atoms with E-state index in [0.29, 0.717) is 18.6 Å². The monoisotopic (exact) mass is 493 g/mol. The Morgan fingerprint density at radius 3 is 2.51 bits per heavy atom. The van der Waals surface area contributed by atoms with Gasteiger partial charge in [-0.25, -0.2) is 9.67 Å². The van der Waals surface area contributed by atoms with E-state index in [1.165, 1.54) is 24.0 Å². The zero-order valence-corrected chi connectivity index (χ0v) is 21.0. The highest BCUT2D eigenvalue weighted by Gasteiger charge is 2.45. The molecule has 2 aromatic heterocycles. The molecule has 2 aliphatic heterocycles. The number of guanidine groups is 1. The molecule has 2 atom stereocenters. The highest BCUT2D eigenvalue weighted by atomic mass is 16.3. The van der Waals surface area contributed by atoms with E-state index in [4.69, 9.17) is 10.1 Å². The van der Waals surface area contributed by atoms with Crippen LogP contribution in [0, 0.1) is 0 Å². The summed E-state index contributed by atoms with van der Waals surface area (Å²) in [7, 11) is 2.13. The van der Waals surface area contributed by atoms with Gasteiger partial charge in [0, 0.05) is 30.8 Å². The van der Waals surface area contributed by atoms with E-state index in [-0.39, 0.29) is 5.75 Å². The van der Waals surface area contributed by atoms with E-state index >= 15 is 0 Å². The summed E-state index contributed by atoms with van der Waals surface area (Å²) in [6, 6.07) is 20.7. The first-order valence-corrected chi connectivity index (χ1v) is 13.1. The predicted molar refractivity (Wildman–Crippen MR) is 146 cm³/mol. The van der Waals surface area contributed by atoms with Gasteiger partial charge in [0.1, 0.15) is 11.6 Å². The SMILES string of the molecule is CN1Cc2c(nn(Cc3ccc(-n4cccc4)cc3)c2Nc2ccc(O)cc2)N2C1=N[C@H]1CCCC[C@H]12. The predicted octanol–water partition coefficient (Wildman–Crippen LogP) is 5.10. The van der Waals surface area contributed by atoms with Crippen LogP contribution in [0.1, 0.15) is 36.8 Å². The molecule has 2 aromatic carbocycles. The van der Waals surface area contributed by atoms with E-state index in [0.717, 1.165) is 48.4 Å². The number of benzene rings is 2. The zero-order valence-electron chi connectivity index (χ0n) is 21.0. The number of anilines is 3. The number of aliphatic imine (C=N–C) groups is 1. The van der Waals surface area contributed by atoms with Gasteiger partial charge in [-0.3, -0.25) is 4.90 Å². The van der Waals surface area contributed by atoms with Crippen molar-refractivity contribution in [3.8, 4) is 11.4 Å². The van der Waals surface area contributed by atoms with E-state index in [1.807, 2.05) is 24.3 Å². The lowest BCUT2D eigenvalue weighted by molar-refractivity contribution is 0.398. The van der Waals surface area contributed by atoms with Gasteiger partial charge in [-0.05, 0) is 66.9 Å². The standard InChI is InChI=1S/C29H31N7O/c1-33-19-24-27(30-21-10-14-23(37)15-11-21)35(18-20-8-12-22(13-9-20)34-16-4-5-17-34)32-28(24)36-26-7-3-2-6-25(26)31-29(33)36/h4-5,8-17,25-26,30,37H,2-3,6-7,18-19H2,1H3/t25-,26+/m0/s1. The van der Waals surface area contributed by atoms with Gasteiger partial charge in [0.15, 0.2) is 5.82 Å². The molecule has 0 spiro atoms. The highest BCUT2D eigenvalue weighted by Crippen LogP contribution is 2.42.